The molecule has 0 spiro atoms. The number of aromatic nitrogens is 1. The molecule has 5 heteroatoms. The normalized spacial score (nSPS) is 10.7. The molecule has 0 bridgehead atoms. The third-order valence-electron chi connectivity index (χ3n) is 2.74. The summed E-state index contributed by atoms with van der Waals surface area (Å²) in [7, 11) is 0. The molecular weight excluding hydrogens is 242 g/mol. The van der Waals surface area contributed by atoms with Crippen molar-refractivity contribution in [1.29, 1.82) is 0 Å². The van der Waals surface area contributed by atoms with Crippen LogP contribution in [0.2, 0.25) is 0 Å². The van der Waals surface area contributed by atoms with Gasteiger partial charge in [-0.3, -0.25) is 0 Å². The highest BCUT2D eigenvalue weighted by atomic mass is 16.4. The largest absolute Gasteiger partial charge is 0.419 e. The van der Waals surface area contributed by atoms with Gasteiger partial charge in [-0.25, -0.2) is 9.78 Å². The quantitative estimate of drug-likeness (QED) is 0.647. The van der Waals surface area contributed by atoms with Gasteiger partial charge in [0.1, 0.15) is 5.52 Å². The van der Waals surface area contributed by atoms with Gasteiger partial charge in [0.2, 0.25) is 0 Å². The average molecular weight is 253 g/mol. The Morgan fingerprint density at radius 3 is 2.42 bits per heavy atom. The maximum absolute atomic E-state index is 11.9. The summed E-state index contributed by atoms with van der Waals surface area (Å²) >= 11 is 0. The van der Waals surface area contributed by atoms with Crippen molar-refractivity contribution in [2.75, 3.05) is 11.5 Å². The first-order valence-electron chi connectivity index (χ1n) is 5.70. The zero-order valence-electron chi connectivity index (χ0n) is 9.96. The van der Waals surface area contributed by atoms with Crippen LogP contribution >= 0.6 is 0 Å². The number of benzene rings is 2. The lowest BCUT2D eigenvalue weighted by molar-refractivity contribution is 0.558. The third kappa shape index (κ3) is 2.01. The molecule has 0 atom stereocenters. The first kappa shape index (κ1) is 11.3. The Bertz CT molecular complexity index is 804. The highest BCUT2D eigenvalue weighted by molar-refractivity contribution is 5.76. The number of fused-ring (bicyclic) bond motifs is 1. The fraction of sp³-hybridized carbons (Fsp3) is 0. The Morgan fingerprint density at radius 1 is 1.00 bits per heavy atom. The Labute approximate surface area is 108 Å². The summed E-state index contributed by atoms with van der Waals surface area (Å²) in [5.74, 6) is 0. The predicted octanol–water partition coefficient (Wildman–Crippen LogP) is 2.02. The molecule has 1 aromatic heterocycles. The second-order valence-corrected chi connectivity index (χ2v) is 4.21. The van der Waals surface area contributed by atoms with Gasteiger partial charge in [0.15, 0.2) is 11.3 Å². The molecule has 0 unspecified atom stereocenters. The fourth-order valence-electron chi connectivity index (χ4n) is 1.95. The molecule has 0 fully saturated rings. The number of nitrogen functional groups attached to an aromatic ring is 2. The Morgan fingerprint density at radius 2 is 1.68 bits per heavy atom. The lowest BCUT2D eigenvalue weighted by Crippen LogP contribution is -2.06. The fourth-order valence-corrected chi connectivity index (χ4v) is 1.95. The van der Waals surface area contributed by atoms with Crippen molar-refractivity contribution in [2.45, 2.75) is 0 Å². The molecule has 0 aliphatic carbocycles. The molecule has 94 valence electrons. The summed E-state index contributed by atoms with van der Waals surface area (Å²) < 4.78 is 5.23. The van der Waals surface area contributed by atoms with E-state index in [1.807, 2.05) is 6.07 Å². The minimum absolute atomic E-state index is 0.206. The smallest absolute Gasteiger partial charge is 0.363 e. The molecule has 4 N–H and O–H groups in total. The number of nitrogens with two attached hydrogens (primary N) is 2. The van der Waals surface area contributed by atoms with Crippen LogP contribution in [0.15, 0.2) is 51.7 Å². The summed E-state index contributed by atoms with van der Waals surface area (Å²) in [5, 5.41) is 0. The van der Waals surface area contributed by atoms with E-state index in [1.165, 1.54) is 0 Å². The molecular formula is C14H11N3O2. The second-order valence-electron chi connectivity index (χ2n) is 4.21. The Kier molecular flexibility index (Phi) is 2.45. The molecule has 0 saturated carbocycles. The van der Waals surface area contributed by atoms with Crippen LogP contribution in [0, 0.1) is 0 Å². The molecule has 0 aliphatic heterocycles. The maximum atomic E-state index is 11.9. The van der Waals surface area contributed by atoms with Gasteiger partial charge in [-0.05, 0) is 30.3 Å². The number of para-hydroxylation sites is 2. The lowest BCUT2D eigenvalue weighted by Gasteiger charge is -2.04. The molecule has 0 amide bonds. The highest BCUT2D eigenvalue weighted by Gasteiger charge is 2.10. The molecule has 0 aliphatic rings. The van der Waals surface area contributed by atoms with Crippen LogP contribution in [-0.4, -0.2) is 4.98 Å². The molecule has 1 heterocycles. The van der Waals surface area contributed by atoms with Crippen molar-refractivity contribution in [2.24, 2.45) is 0 Å². The summed E-state index contributed by atoms with van der Waals surface area (Å²) in [6.45, 7) is 0. The van der Waals surface area contributed by atoms with E-state index in [0.29, 0.717) is 28.0 Å². The molecule has 5 nitrogen and oxygen atoms in total. The summed E-state index contributed by atoms with van der Waals surface area (Å²) in [6, 6.07) is 12.0. The third-order valence-corrected chi connectivity index (χ3v) is 2.74. The van der Waals surface area contributed by atoms with Crippen LogP contribution in [-0.2, 0) is 0 Å². The van der Waals surface area contributed by atoms with Crippen LogP contribution in [0.5, 0.6) is 0 Å². The first-order valence-corrected chi connectivity index (χ1v) is 5.70. The highest BCUT2D eigenvalue weighted by Crippen LogP contribution is 2.22. The van der Waals surface area contributed by atoms with E-state index in [2.05, 4.69) is 4.98 Å². The molecule has 19 heavy (non-hydrogen) atoms. The van der Waals surface area contributed by atoms with Gasteiger partial charge in [0.25, 0.3) is 0 Å². The van der Waals surface area contributed by atoms with Gasteiger partial charge in [0.05, 0.1) is 0 Å². The van der Waals surface area contributed by atoms with E-state index in [4.69, 9.17) is 15.9 Å². The number of rotatable bonds is 1. The molecule has 3 rings (SSSR count). The molecule has 2 aromatic carbocycles. The van der Waals surface area contributed by atoms with Gasteiger partial charge < -0.3 is 15.9 Å². The SMILES string of the molecule is Nc1cc(N)cc(-c2nc3ccccc3oc2=O)c1. The van der Waals surface area contributed by atoms with Gasteiger partial charge in [-0.2, -0.15) is 0 Å². The van der Waals surface area contributed by atoms with E-state index in [0.717, 1.165) is 0 Å². The molecule has 0 radical (unpaired) electrons. The number of anilines is 2. The van der Waals surface area contributed by atoms with Crippen LogP contribution in [0.25, 0.3) is 22.4 Å². The summed E-state index contributed by atoms with van der Waals surface area (Å²) in [6.07, 6.45) is 0. The van der Waals surface area contributed by atoms with Gasteiger partial charge in [0, 0.05) is 16.9 Å². The van der Waals surface area contributed by atoms with Crippen molar-refractivity contribution < 1.29 is 4.42 Å². The van der Waals surface area contributed by atoms with Crippen molar-refractivity contribution in [1.82, 2.24) is 4.98 Å². The lowest BCUT2D eigenvalue weighted by atomic mass is 10.1. The Hall–Kier alpha value is -2.82. The summed E-state index contributed by atoms with van der Waals surface area (Å²) in [5.41, 5.74) is 13.7. The van der Waals surface area contributed by atoms with Gasteiger partial charge in [-0.15, -0.1) is 0 Å². The van der Waals surface area contributed by atoms with Crippen LogP contribution in [0.3, 0.4) is 0 Å². The minimum atomic E-state index is -0.510. The number of hydrogen-bond acceptors (Lipinski definition) is 5. The monoisotopic (exact) mass is 253 g/mol. The number of hydrogen-bond donors (Lipinski definition) is 2. The Balaban J connectivity index is 2.30. The molecule has 3 aromatic rings. The zero-order chi connectivity index (χ0) is 13.4. The zero-order valence-corrected chi connectivity index (χ0v) is 9.96. The average Bonchev–Trinajstić information content (AvgIpc) is 2.36. The van der Waals surface area contributed by atoms with E-state index in [-0.39, 0.29) is 5.69 Å². The van der Waals surface area contributed by atoms with E-state index >= 15 is 0 Å². The summed E-state index contributed by atoms with van der Waals surface area (Å²) in [4.78, 5) is 16.3. The van der Waals surface area contributed by atoms with Crippen LogP contribution < -0.4 is 17.1 Å². The van der Waals surface area contributed by atoms with Crippen LogP contribution in [0.4, 0.5) is 11.4 Å². The topological polar surface area (TPSA) is 95.1 Å². The van der Waals surface area contributed by atoms with Crippen LogP contribution in [0.1, 0.15) is 0 Å². The van der Waals surface area contributed by atoms with Crippen molar-refractivity contribution in [3.63, 3.8) is 0 Å². The standard InChI is InChI=1S/C14H11N3O2/c15-9-5-8(6-10(16)7-9)13-14(18)19-12-4-2-1-3-11(12)17-13/h1-7H,15-16H2. The molecule has 0 saturated heterocycles. The van der Waals surface area contributed by atoms with E-state index in [1.54, 1.807) is 36.4 Å². The van der Waals surface area contributed by atoms with E-state index in [9.17, 15) is 4.79 Å². The minimum Gasteiger partial charge on any atom is -0.419 e. The van der Waals surface area contributed by atoms with Crippen molar-refractivity contribution in [3.05, 3.63) is 52.9 Å². The first-order chi connectivity index (χ1) is 9.13. The van der Waals surface area contributed by atoms with Gasteiger partial charge in [-0.1, -0.05) is 12.1 Å². The van der Waals surface area contributed by atoms with E-state index < -0.39 is 5.63 Å². The van der Waals surface area contributed by atoms with Crippen molar-refractivity contribution >= 4 is 22.5 Å². The van der Waals surface area contributed by atoms with Crippen molar-refractivity contribution in [3.8, 4) is 11.3 Å². The number of nitrogens with zero attached hydrogens (tertiary/aromatic N) is 1. The second kappa shape index (κ2) is 4.13. The predicted molar refractivity (Wildman–Crippen MR) is 74.5 cm³/mol. The maximum Gasteiger partial charge on any atom is 0.363 e. The van der Waals surface area contributed by atoms with Gasteiger partial charge >= 0.3 is 5.63 Å².